The first-order valence-corrected chi connectivity index (χ1v) is 7.44. The molecule has 3 rings (SSSR count). The van der Waals surface area contributed by atoms with Crippen LogP contribution in [0, 0.1) is 25.7 Å². The molecule has 2 N–H and O–H groups in total. The van der Waals surface area contributed by atoms with Crippen molar-refractivity contribution in [1.82, 2.24) is 0 Å². The second kappa shape index (κ2) is 4.38. The van der Waals surface area contributed by atoms with E-state index in [1.165, 1.54) is 55.2 Å². The van der Waals surface area contributed by atoms with Gasteiger partial charge in [0.15, 0.2) is 0 Å². The third kappa shape index (κ3) is 2.33. The van der Waals surface area contributed by atoms with Gasteiger partial charge in [-0.3, -0.25) is 0 Å². The van der Waals surface area contributed by atoms with E-state index in [1.54, 1.807) is 0 Å². The molecule has 1 nitrogen and oxygen atoms in total. The lowest BCUT2D eigenvalue weighted by molar-refractivity contribution is 0.206. The van der Waals surface area contributed by atoms with Gasteiger partial charge >= 0.3 is 0 Å². The molecule has 2 atom stereocenters. The quantitative estimate of drug-likeness (QED) is 0.833. The minimum Gasteiger partial charge on any atom is -0.321 e. The average Bonchev–Trinajstić information content (AvgIpc) is 3.11. The topological polar surface area (TPSA) is 26.0 Å². The fourth-order valence-electron chi connectivity index (χ4n) is 3.85. The van der Waals surface area contributed by atoms with Crippen molar-refractivity contribution in [1.29, 1.82) is 0 Å². The predicted molar refractivity (Wildman–Crippen MR) is 76.5 cm³/mol. The first-order valence-electron chi connectivity index (χ1n) is 7.44. The molecule has 2 saturated carbocycles. The Hall–Kier alpha value is -0.820. The van der Waals surface area contributed by atoms with Gasteiger partial charge in [-0.15, -0.1) is 0 Å². The maximum absolute atomic E-state index is 6.77. The van der Waals surface area contributed by atoms with Crippen molar-refractivity contribution in [2.24, 2.45) is 17.6 Å². The summed E-state index contributed by atoms with van der Waals surface area (Å²) in [5, 5.41) is 0. The summed E-state index contributed by atoms with van der Waals surface area (Å²) in [5.74, 6) is 1.89. The molecule has 0 saturated heterocycles. The zero-order chi connectivity index (χ0) is 12.8. The smallest absolute Gasteiger partial charge is 0.0412 e. The molecule has 0 bridgehead atoms. The van der Waals surface area contributed by atoms with Gasteiger partial charge in [-0.25, -0.2) is 0 Å². The number of nitrogens with two attached hydrogens (primary N) is 1. The summed E-state index contributed by atoms with van der Waals surface area (Å²) < 4.78 is 0. The van der Waals surface area contributed by atoms with Crippen LogP contribution in [0.4, 0.5) is 0 Å². The summed E-state index contributed by atoms with van der Waals surface area (Å²) in [6.07, 6.45) is 8.00. The molecule has 0 radical (unpaired) electrons. The highest BCUT2D eigenvalue weighted by Gasteiger charge is 2.40. The van der Waals surface area contributed by atoms with Crippen LogP contribution in [0.15, 0.2) is 18.2 Å². The van der Waals surface area contributed by atoms with Crippen molar-refractivity contribution < 1.29 is 0 Å². The van der Waals surface area contributed by atoms with Crippen LogP contribution in [0.3, 0.4) is 0 Å². The van der Waals surface area contributed by atoms with Crippen LogP contribution in [0.1, 0.15) is 55.2 Å². The third-order valence-corrected chi connectivity index (χ3v) is 4.91. The van der Waals surface area contributed by atoms with Crippen LogP contribution < -0.4 is 5.73 Å². The average molecular weight is 243 g/mol. The molecule has 18 heavy (non-hydrogen) atoms. The number of aryl methyl sites for hydroxylation is 2. The van der Waals surface area contributed by atoms with Gasteiger partial charge in [-0.1, -0.05) is 42.2 Å². The Labute approximate surface area is 111 Å². The number of benzene rings is 1. The molecule has 1 aromatic rings. The lowest BCUT2D eigenvalue weighted by Gasteiger charge is -2.39. The van der Waals surface area contributed by atoms with Crippen molar-refractivity contribution >= 4 is 0 Å². The van der Waals surface area contributed by atoms with Crippen LogP contribution in [0.5, 0.6) is 0 Å². The second-order valence-corrected chi connectivity index (χ2v) is 6.73. The lowest BCUT2D eigenvalue weighted by atomic mass is 9.70. The summed E-state index contributed by atoms with van der Waals surface area (Å²) >= 11 is 0. The second-order valence-electron chi connectivity index (χ2n) is 6.73. The zero-order valence-corrected chi connectivity index (χ0v) is 11.7. The monoisotopic (exact) mass is 243 g/mol. The fourth-order valence-corrected chi connectivity index (χ4v) is 3.85. The molecule has 2 aliphatic rings. The minimum atomic E-state index is -0.0533. The minimum absolute atomic E-state index is 0.0533. The first kappa shape index (κ1) is 12.2. The SMILES string of the molecule is Cc1cc(C)cc(C2(N)CCCC(C3CC3)C2)c1. The van der Waals surface area contributed by atoms with E-state index in [2.05, 4.69) is 32.0 Å². The Morgan fingerprint density at radius 1 is 1.00 bits per heavy atom. The molecule has 1 aromatic carbocycles. The zero-order valence-electron chi connectivity index (χ0n) is 11.7. The summed E-state index contributed by atoms with van der Waals surface area (Å²) in [4.78, 5) is 0. The Morgan fingerprint density at radius 3 is 2.28 bits per heavy atom. The van der Waals surface area contributed by atoms with Gasteiger partial charge in [0, 0.05) is 5.54 Å². The molecule has 0 aromatic heterocycles. The Bertz CT molecular complexity index is 427. The van der Waals surface area contributed by atoms with E-state index >= 15 is 0 Å². The molecular weight excluding hydrogens is 218 g/mol. The molecule has 98 valence electrons. The number of hydrogen-bond acceptors (Lipinski definition) is 1. The molecule has 0 amide bonds. The Morgan fingerprint density at radius 2 is 1.67 bits per heavy atom. The first-order chi connectivity index (χ1) is 8.57. The molecule has 2 fully saturated rings. The predicted octanol–water partition coefficient (Wildman–Crippen LogP) is 4.06. The molecule has 2 unspecified atom stereocenters. The van der Waals surface area contributed by atoms with Gasteiger partial charge in [0.25, 0.3) is 0 Å². The van der Waals surface area contributed by atoms with Crippen LogP contribution in [-0.2, 0) is 5.54 Å². The summed E-state index contributed by atoms with van der Waals surface area (Å²) in [6.45, 7) is 4.36. The van der Waals surface area contributed by atoms with E-state index in [9.17, 15) is 0 Å². The molecule has 0 aliphatic heterocycles. The van der Waals surface area contributed by atoms with Crippen molar-refractivity contribution in [3.05, 3.63) is 34.9 Å². The van der Waals surface area contributed by atoms with Gasteiger partial charge in [-0.2, -0.15) is 0 Å². The van der Waals surface area contributed by atoms with Crippen molar-refractivity contribution in [3.63, 3.8) is 0 Å². The Balaban J connectivity index is 1.87. The molecule has 0 spiro atoms. The van der Waals surface area contributed by atoms with E-state index in [-0.39, 0.29) is 5.54 Å². The van der Waals surface area contributed by atoms with E-state index in [1.807, 2.05) is 0 Å². The van der Waals surface area contributed by atoms with Crippen LogP contribution in [0.2, 0.25) is 0 Å². The maximum atomic E-state index is 6.77. The van der Waals surface area contributed by atoms with E-state index < -0.39 is 0 Å². The van der Waals surface area contributed by atoms with Crippen molar-refractivity contribution in [2.45, 2.75) is 57.9 Å². The largest absolute Gasteiger partial charge is 0.321 e. The lowest BCUT2D eigenvalue weighted by Crippen LogP contribution is -2.42. The molecule has 1 heteroatoms. The maximum Gasteiger partial charge on any atom is 0.0412 e. The fraction of sp³-hybridized carbons (Fsp3) is 0.647. The number of hydrogen-bond donors (Lipinski definition) is 1. The van der Waals surface area contributed by atoms with Crippen LogP contribution >= 0.6 is 0 Å². The summed E-state index contributed by atoms with van der Waals surface area (Å²) in [7, 11) is 0. The van der Waals surface area contributed by atoms with Gasteiger partial charge in [0.2, 0.25) is 0 Å². The molecular formula is C17H25N. The normalized spacial score (nSPS) is 32.5. The molecule has 0 heterocycles. The van der Waals surface area contributed by atoms with Gasteiger partial charge in [0.1, 0.15) is 0 Å². The van der Waals surface area contributed by atoms with Gasteiger partial charge in [0.05, 0.1) is 0 Å². The van der Waals surface area contributed by atoms with E-state index in [0.717, 1.165) is 11.8 Å². The van der Waals surface area contributed by atoms with Gasteiger partial charge in [-0.05, 0) is 56.9 Å². The highest BCUT2D eigenvalue weighted by molar-refractivity contribution is 5.34. The third-order valence-electron chi connectivity index (χ3n) is 4.91. The highest BCUT2D eigenvalue weighted by atomic mass is 14.8. The van der Waals surface area contributed by atoms with Crippen molar-refractivity contribution in [2.75, 3.05) is 0 Å². The number of rotatable bonds is 2. The van der Waals surface area contributed by atoms with Gasteiger partial charge < -0.3 is 5.73 Å². The van der Waals surface area contributed by atoms with Crippen molar-refractivity contribution in [3.8, 4) is 0 Å². The van der Waals surface area contributed by atoms with E-state index in [4.69, 9.17) is 5.73 Å². The molecule has 2 aliphatic carbocycles. The standard InChI is InChI=1S/C17H25N/c1-12-8-13(2)10-16(9-12)17(18)7-3-4-15(11-17)14-5-6-14/h8-10,14-15H,3-7,11,18H2,1-2H3. The Kier molecular flexibility index (Phi) is 2.97. The van der Waals surface area contributed by atoms with Crippen LogP contribution in [-0.4, -0.2) is 0 Å². The summed E-state index contributed by atoms with van der Waals surface area (Å²) in [6, 6.07) is 6.86. The summed E-state index contributed by atoms with van der Waals surface area (Å²) in [5.41, 5.74) is 10.8. The highest BCUT2D eigenvalue weighted by Crippen LogP contribution is 2.48. The van der Waals surface area contributed by atoms with E-state index in [0.29, 0.717) is 0 Å². The van der Waals surface area contributed by atoms with Crippen LogP contribution in [0.25, 0.3) is 0 Å².